The van der Waals surface area contributed by atoms with E-state index in [1.54, 1.807) is 0 Å². The summed E-state index contributed by atoms with van der Waals surface area (Å²) in [5.74, 6) is 1.78. The number of ether oxygens (including phenoxy) is 2. The van der Waals surface area contributed by atoms with Crippen LogP contribution in [0.25, 0.3) is 0 Å². The highest BCUT2D eigenvalue weighted by Gasteiger charge is 2.32. The molecule has 21 heavy (non-hydrogen) atoms. The third-order valence-corrected chi connectivity index (χ3v) is 4.62. The fraction of sp³-hybridized carbons (Fsp3) is 0.625. The molecule has 0 aliphatic carbocycles. The van der Waals surface area contributed by atoms with E-state index in [1.807, 2.05) is 6.07 Å². The standard InChI is InChI=1S/C16H23N3O2/c1-2-15-16(21-8-7-20-15)9-13(1)10-18-11-14(12-18)19-5-3-17-4-6-19/h1-2,9,14,17H,3-8,10-12H2. The molecule has 0 unspecified atom stereocenters. The summed E-state index contributed by atoms with van der Waals surface area (Å²) < 4.78 is 11.2. The van der Waals surface area contributed by atoms with Crippen molar-refractivity contribution < 1.29 is 9.47 Å². The van der Waals surface area contributed by atoms with Crippen LogP contribution >= 0.6 is 0 Å². The van der Waals surface area contributed by atoms with Crippen LogP contribution in [0.4, 0.5) is 0 Å². The Morgan fingerprint density at radius 2 is 1.81 bits per heavy atom. The van der Waals surface area contributed by atoms with E-state index >= 15 is 0 Å². The van der Waals surface area contributed by atoms with Crippen molar-refractivity contribution in [2.45, 2.75) is 12.6 Å². The van der Waals surface area contributed by atoms with Gasteiger partial charge in [0, 0.05) is 51.9 Å². The first-order chi connectivity index (χ1) is 10.4. The van der Waals surface area contributed by atoms with E-state index in [4.69, 9.17) is 9.47 Å². The Morgan fingerprint density at radius 3 is 2.62 bits per heavy atom. The molecule has 0 atom stereocenters. The largest absolute Gasteiger partial charge is 0.486 e. The molecule has 5 heteroatoms. The van der Waals surface area contributed by atoms with Gasteiger partial charge in [-0.05, 0) is 17.7 Å². The Labute approximate surface area is 125 Å². The molecule has 1 aromatic carbocycles. The minimum Gasteiger partial charge on any atom is -0.486 e. The number of nitrogens with zero attached hydrogens (tertiary/aromatic N) is 2. The van der Waals surface area contributed by atoms with E-state index in [1.165, 1.54) is 31.7 Å². The van der Waals surface area contributed by atoms with Crippen molar-refractivity contribution in [3.8, 4) is 11.5 Å². The Hall–Kier alpha value is -1.30. The highest BCUT2D eigenvalue weighted by atomic mass is 16.6. The molecule has 1 N–H and O–H groups in total. The summed E-state index contributed by atoms with van der Waals surface area (Å²) in [6, 6.07) is 7.08. The summed E-state index contributed by atoms with van der Waals surface area (Å²) in [6.07, 6.45) is 0. The Morgan fingerprint density at radius 1 is 1.05 bits per heavy atom. The Balaban J connectivity index is 1.31. The summed E-state index contributed by atoms with van der Waals surface area (Å²) in [6.45, 7) is 9.38. The van der Waals surface area contributed by atoms with Crippen LogP contribution in [0, 0.1) is 0 Å². The lowest BCUT2D eigenvalue weighted by Gasteiger charge is -2.47. The molecule has 0 aromatic heterocycles. The van der Waals surface area contributed by atoms with Gasteiger partial charge in [-0.25, -0.2) is 0 Å². The highest BCUT2D eigenvalue weighted by Crippen LogP contribution is 2.31. The fourth-order valence-electron chi connectivity index (χ4n) is 3.39. The molecule has 0 bridgehead atoms. The van der Waals surface area contributed by atoms with Gasteiger partial charge in [-0.1, -0.05) is 6.07 Å². The van der Waals surface area contributed by atoms with Gasteiger partial charge in [0.1, 0.15) is 13.2 Å². The predicted octanol–water partition coefficient (Wildman–Crippen LogP) is 0.547. The monoisotopic (exact) mass is 289 g/mol. The molecule has 5 nitrogen and oxygen atoms in total. The van der Waals surface area contributed by atoms with Gasteiger partial charge in [-0.15, -0.1) is 0 Å². The third kappa shape index (κ3) is 2.86. The number of rotatable bonds is 3. The van der Waals surface area contributed by atoms with Gasteiger partial charge in [0.05, 0.1) is 0 Å². The van der Waals surface area contributed by atoms with Gasteiger partial charge in [0.15, 0.2) is 11.5 Å². The molecule has 114 valence electrons. The van der Waals surface area contributed by atoms with Crippen LogP contribution in [0.5, 0.6) is 11.5 Å². The molecule has 0 amide bonds. The summed E-state index contributed by atoms with van der Waals surface area (Å²) in [5.41, 5.74) is 1.32. The zero-order valence-electron chi connectivity index (χ0n) is 12.4. The minimum atomic E-state index is 0.658. The topological polar surface area (TPSA) is 37.0 Å². The van der Waals surface area contributed by atoms with Crippen LogP contribution in [-0.2, 0) is 6.54 Å². The number of nitrogens with one attached hydrogen (secondary N) is 1. The molecule has 0 radical (unpaired) electrons. The highest BCUT2D eigenvalue weighted by molar-refractivity contribution is 5.43. The summed E-state index contributed by atoms with van der Waals surface area (Å²) in [7, 11) is 0. The molecule has 3 heterocycles. The van der Waals surface area contributed by atoms with Crippen molar-refractivity contribution in [2.24, 2.45) is 0 Å². The molecule has 4 rings (SSSR count). The van der Waals surface area contributed by atoms with E-state index in [9.17, 15) is 0 Å². The van der Waals surface area contributed by atoms with E-state index < -0.39 is 0 Å². The third-order valence-electron chi connectivity index (χ3n) is 4.62. The zero-order valence-corrected chi connectivity index (χ0v) is 12.4. The Kier molecular flexibility index (Phi) is 3.71. The second-order valence-corrected chi connectivity index (χ2v) is 6.11. The van der Waals surface area contributed by atoms with Crippen LogP contribution in [0.3, 0.4) is 0 Å². The molecule has 0 saturated carbocycles. The number of benzene rings is 1. The fourth-order valence-corrected chi connectivity index (χ4v) is 3.39. The van der Waals surface area contributed by atoms with E-state index in [0.717, 1.165) is 37.2 Å². The van der Waals surface area contributed by atoms with Gasteiger partial charge >= 0.3 is 0 Å². The molecule has 0 spiro atoms. The number of hydrogen-bond acceptors (Lipinski definition) is 5. The van der Waals surface area contributed by atoms with Crippen molar-refractivity contribution in [3.63, 3.8) is 0 Å². The molecule has 3 aliphatic rings. The maximum Gasteiger partial charge on any atom is 0.161 e. The van der Waals surface area contributed by atoms with Gasteiger partial charge in [-0.2, -0.15) is 0 Å². The van der Waals surface area contributed by atoms with Crippen molar-refractivity contribution >= 4 is 0 Å². The van der Waals surface area contributed by atoms with E-state index in [0.29, 0.717) is 13.2 Å². The molecule has 3 aliphatic heterocycles. The van der Waals surface area contributed by atoms with Crippen LogP contribution in [0.1, 0.15) is 5.56 Å². The van der Waals surface area contributed by atoms with Crippen molar-refractivity contribution in [1.82, 2.24) is 15.1 Å². The first-order valence-electron chi connectivity index (χ1n) is 7.94. The summed E-state index contributed by atoms with van der Waals surface area (Å²) in [5, 5.41) is 3.42. The maximum absolute atomic E-state index is 5.65. The molecule has 2 fully saturated rings. The average molecular weight is 289 g/mol. The SMILES string of the molecule is c1cc2c(cc1CN1CC(N3CCNCC3)C1)OCCO2. The first kappa shape index (κ1) is 13.4. The minimum absolute atomic E-state index is 0.658. The summed E-state index contributed by atoms with van der Waals surface area (Å²) >= 11 is 0. The van der Waals surface area contributed by atoms with Gasteiger partial charge in [-0.3, -0.25) is 9.80 Å². The van der Waals surface area contributed by atoms with E-state index in [2.05, 4.69) is 27.2 Å². The first-order valence-corrected chi connectivity index (χ1v) is 7.94. The molecular formula is C16H23N3O2. The quantitative estimate of drug-likeness (QED) is 0.879. The Bertz CT molecular complexity index is 496. The predicted molar refractivity (Wildman–Crippen MR) is 80.9 cm³/mol. The average Bonchev–Trinajstić information content (AvgIpc) is 2.51. The van der Waals surface area contributed by atoms with Crippen molar-refractivity contribution in [3.05, 3.63) is 23.8 Å². The normalized spacial score (nSPS) is 23.8. The maximum atomic E-state index is 5.65. The number of piperazine rings is 1. The van der Waals surface area contributed by atoms with Crippen molar-refractivity contribution in [1.29, 1.82) is 0 Å². The van der Waals surface area contributed by atoms with Gasteiger partial charge < -0.3 is 14.8 Å². The van der Waals surface area contributed by atoms with Crippen molar-refractivity contribution in [2.75, 3.05) is 52.5 Å². The number of likely N-dealkylation sites (tertiary alicyclic amines) is 1. The summed E-state index contributed by atoms with van der Waals surface area (Å²) in [4.78, 5) is 5.13. The molecule has 1 aromatic rings. The second-order valence-electron chi connectivity index (χ2n) is 6.11. The molecule has 2 saturated heterocycles. The zero-order chi connectivity index (χ0) is 14.1. The van der Waals surface area contributed by atoms with Crippen LogP contribution in [0.15, 0.2) is 18.2 Å². The smallest absolute Gasteiger partial charge is 0.161 e. The number of fused-ring (bicyclic) bond motifs is 1. The van der Waals surface area contributed by atoms with Gasteiger partial charge in [0.25, 0.3) is 0 Å². The lowest BCUT2D eigenvalue weighted by Crippen LogP contribution is -2.62. The lowest BCUT2D eigenvalue weighted by atomic mass is 10.0. The lowest BCUT2D eigenvalue weighted by molar-refractivity contribution is 0.0222. The van der Waals surface area contributed by atoms with Gasteiger partial charge in [0.2, 0.25) is 0 Å². The second kappa shape index (κ2) is 5.83. The van der Waals surface area contributed by atoms with Crippen LogP contribution in [-0.4, -0.2) is 68.3 Å². The van der Waals surface area contributed by atoms with E-state index in [-0.39, 0.29) is 0 Å². The van der Waals surface area contributed by atoms with Crippen LogP contribution < -0.4 is 14.8 Å². The number of hydrogen-bond donors (Lipinski definition) is 1. The molecular weight excluding hydrogens is 266 g/mol. The van der Waals surface area contributed by atoms with Crippen LogP contribution in [0.2, 0.25) is 0 Å².